The molecule has 3 rings (SSSR count). The topological polar surface area (TPSA) is 75.7 Å². The molecule has 0 aliphatic carbocycles. The maximum absolute atomic E-state index is 13.2. The van der Waals surface area contributed by atoms with E-state index in [1.807, 2.05) is 31.2 Å². The summed E-state index contributed by atoms with van der Waals surface area (Å²) < 4.78 is 33.9. The minimum absolute atomic E-state index is 0.116. The maximum Gasteiger partial charge on any atom is 0.264 e. The minimum atomic E-state index is -3.92. The number of anilines is 1. The summed E-state index contributed by atoms with van der Waals surface area (Å²) in [6, 6.07) is 22.5. The number of carbonyl (C=O) groups excluding carboxylic acids is 1. The highest BCUT2D eigenvalue weighted by Crippen LogP contribution is 2.26. The molecule has 0 heterocycles. The van der Waals surface area contributed by atoms with Gasteiger partial charge in [0.15, 0.2) is 0 Å². The third-order valence-electron chi connectivity index (χ3n) is 4.40. The van der Waals surface area contributed by atoms with E-state index in [-0.39, 0.29) is 24.6 Å². The monoisotopic (exact) mass is 502 g/mol. The van der Waals surface area contributed by atoms with Crippen LogP contribution in [-0.2, 0) is 14.8 Å². The Labute approximate surface area is 191 Å². The number of ether oxygens (including phenoxy) is 1. The van der Waals surface area contributed by atoms with Crippen molar-refractivity contribution < 1.29 is 17.9 Å². The van der Waals surface area contributed by atoms with Crippen molar-refractivity contribution in [2.75, 3.05) is 24.0 Å². The van der Waals surface area contributed by atoms with Crippen LogP contribution in [0.2, 0.25) is 0 Å². The molecule has 31 heavy (non-hydrogen) atoms. The zero-order chi connectivity index (χ0) is 22.3. The lowest BCUT2D eigenvalue weighted by Crippen LogP contribution is -2.41. The van der Waals surface area contributed by atoms with E-state index in [0.29, 0.717) is 10.2 Å². The van der Waals surface area contributed by atoms with Gasteiger partial charge in [-0.2, -0.15) is 0 Å². The molecule has 3 aromatic rings. The van der Waals surface area contributed by atoms with Crippen LogP contribution >= 0.6 is 15.9 Å². The zero-order valence-corrected chi connectivity index (χ0v) is 19.4. The van der Waals surface area contributed by atoms with E-state index < -0.39 is 15.9 Å². The summed E-state index contributed by atoms with van der Waals surface area (Å²) in [4.78, 5) is 12.7. The number of hydrogen-bond acceptors (Lipinski definition) is 4. The average Bonchev–Trinajstić information content (AvgIpc) is 2.75. The Morgan fingerprint density at radius 2 is 1.74 bits per heavy atom. The lowest BCUT2D eigenvalue weighted by Gasteiger charge is -2.24. The molecule has 8 heteroatoms. The van der Waals surface area contributed by atoms with Crippen molar-refractivity contribution >= 4 is 37.5 Å². The van der Waals surface area contributed by atoms with Gasteiger partial charge in [0, 0.05) is 4.47 Å². The number of nitrogens with zero attached hydrogens (tertiary/aromatic N) is 1. The first-order valence-corrected chi connectivity index (χ1v) is 11.9. The molecule has 0 aromatic heterocycles. The summed E-state index contributed by atoms with van der Waals surface area (Å²) in [6.07, 6.45) is 0. The molecule has 0 fully saturated rings. The van der Waals surface area contributed by atoms with Gasteiger partial charge in [-0.1, -0.05) is 52.3 Å². The van der Waals surface area contributed by atoms with E-state index in [0.717, 1.165) is 15.6 Å². The molecule has 0 saturated carbocycles. The predicted molar refractivity (Wildman–Crippen MR) is 125 cm³/mol. The molecule has 3 aromatic carbocycles. The van der Waals surface area contributed by atoms with Crippen molar-refractivity contribution in [3.8, 4) is 5.75 Å². The van der Waals surface area contributed by atoms with Gasteiger partial charge in [-0.05, 0) is 55.0 Å². The molecule has 1 N–H and O–H groups in total. The lowest BCUT2D eigenvalue weighted by molar-refractivity contribution is -0.119. The lowest BCUT2D eigenvalue weighted by atomic mass is 10.2. The first-order chi connectivity index (χ1) is 14.9. The highest BCUT2D eigenvalue weighted by atomic mass is 79.9. The van der Waals surface area contributed by atoms with Crippen LogP contribution in [0.1, 0.15) is 5.56 Å². The number of sulfonamides is 1. The third kappa shape index (κ3) is 6.32. The second kappa shape index (κ2) is 10.5. The Morgan fingerprint density at radius 1 is 1.00 bits per heavy atom. The number of halogens is 1. The van der Waals surface area contributed by atoms with Gasteiger partial charge in [0.2, 0.25) is 5.91 Å². The SMILES string of the molecule is Cc1cccc(OCCNC(=O)CN(c2cccc(Br)c2)S(=O)(=O)c2ccccc2)c1. The largest absolute Gasteiger partial charge is 0.492 e. The maximum atomic E-state index is 13.2. The second-order valence-electron chi connectivity index (χ2n) is 6.82. The molecule has 6 nitrogen and oxygen atoms in total. The summed E-state index contributed by atoms with van der Waals surface area (Å²) in [5, 5.41) is 2.72. The summed E-state index contributed by atoms with van der Waals surface area (Å²) in [6.45, 7) is 2.15. The molecule has 0 spiro atoms. The smallest absolute Gasteiger partial charge is 0.264 e. The molecular formula is C23H23BrN2O4S. The van der Waals surface area contributed by atoms with E-state index in [4.69, 9.17) is 4.74 Å². The van der Waals surface area contributed by atoms with E-state index in [2.05, 4.69) is 21.2 Å². The van der Waals surface area contributed by atoms with Crippen LogP contribution in [0, 0.1) is 6.92 Å². The fourth-order valence-corrected chi connectivity index (χ4v) is 4.74. The summed E-state index contributed by atoms with van der Waals surface area (Å²) in [5.74, 6) is 0.295. The van der Waals surface area contributed by atoms with E-state index >= 15 is 0 Å². The molecule has 0 radical (unpaired) electrons. The number of hydrogen-bond donors (Lipinski definition) is 1. The zero-order valence-electron chi connectivity index (χ0n) is 17.0. The summed E-state index contributed by atoms with van der Waals surface area (Å²) in [5.41, 5.74) is 1.47. The minimum Gasteiger partial charge on any atom is -0.492 e. The number of rotatable bonds is 9. The van der Waals surface area contributed by atoms with E-state index in [1.165, 1.54) is 12.1 Å². The summed E-state index contributed by atoms with van der Waals surface area (Å²) in [7, 11) is -3.92. The van der Waals surface area contributed by atoms with E-state index in [1.54, 1.807) is 42.5 Å². The van der Waals surface area contributed by atoms with E-state index in [9.17, 15) is 13.2 Å². The second-order valence-corrected chi connectivity index (χ2v) is 9.60. The van der Waals surface area contributed by atoms with Gasteiger partial charge in [0.05, 0.1) is 17.1 Å². The van der Waals surface area contributed by atoms with Crippen LogP contribution in [0.25, 0.3) is 0 Å². The predicted octanol–water partition coefficient (Wildman–Crippen LogP) is 4.15. The molecule has 0 bridgehead atoms. The number of amides is 1. The first kappa shape index (κ1) is 22.8. The Kier molecular flexibility index (Phi) is 7.70. The quantitative estimate of drug-likeness (QED) is 0.446. The molecule has 0 unspecified atom stereocenters. The fraction of sp³-hybridized carbons (Fsp3) is 0.174. The van der Waals surface area contributed by atoms with Crippen LogP contribution in [-0.4, -0.2) is 34.0 Å². The van der Waals surface area contributed by atoms with Crippen LogP contribution in [0.5, 0.6) is 5.75 Å². The van der Waals surface area contributed by atoms with Crippen molar-refractivity contribution in [3.05, 3.63) is 88.9 Å². The Hall–Kier alpha value is -2.84. The van der Waals surface area contributed by atoms with Gasteiger partial charge in [-0.3, -0.25) is 9.10 Å². The van der Waals surface area contributed by atoms with Crippen molar-refractivity contribution in [1.29, 1.82) is 0 Å². The highest BCUT2D eigenvalue weighted by molar-refractivity contribution is 9.10. The van der Waals surface area contributed by atoms with Gasteiger partial charge in [-0.25, -0.2) is 8.42 Å². The number of aryl methyl sites for hydroxylation is 1. The van der Waals surface area contributed by atoms with Gasteiger partial charge < -0.3 is 10.1 Å². The van der Waals surface area contributed by atoms with Crippen LogP contribution in [0.15, 0.2) is 88.2 Å². The third-order valence-corrected chi connectivity index (χ3v) is 6.68. The van der Waals surface area contributed by atoms with Crippen LogP contribution in [0.4, 0.5) is 5.69 Å². The molecule has 0 atom stereocenters. The molecule has 0 aliphatic heterocycles. The standard InChI is InChI=1S/C23H23BrN2O4S/c1-18-7-5-10-21(15-18)30-14-13-25-23(27)17-26(20-9-6-8-19(24)16-20)31(28,29)22-11-3-2-4-12-22/h2-12,15-16H,13-14,17H2,1H3,(H,25,27). The van der Waals surface area contributed by atoms with Crippen molar-refractivity contribution in [1.82, 2.24) is 5.32 Å². The molecule has 0 saturated heterocycles. The summed E-state index contributed by atoms with van der Waals surface area (Å²) >= 11 is 3.36. The van der Waals surface area contributed by atoms with Gasteiger partial charge in [-0.15, -0.1) is 0 Å². The van der Waals surface area contributed by atoms with Crippen LogP contribution in [0.3, 0.4) is 0 Å². The molecule has 1 amide bonds. The van der Waals surface area contributed by atoms with Crippen molar-refractivity contribution in [2.45, 2.75) is 11.8 Å². The number of nitrogens with one attached hydrogen (secondary N) is 1. The molecular weight excluding hydrogens is 480 g/mol. The Bertz CT molecular complexity index is 1140. The normalized spacial score (nSPS) is 11.0. The first-order valence-electron chi connectivity index (χ1n) is 9.66. The molecule has 162 valence electrons. The van der Waals surface area contributed by atoms with Crippen molar-refractivity contribution in [2.24, 2.45) is 0 Å². The average molecular weight is 503 g/mol. The van der Waals surface area contributed by atoms with Crippen LogP contribution < -0.4 is 14.4 Å². The number of benzene rings is 3. The van der Waals surface area contributed by atoms with Gasteiger partial charge in [0.25, 0.3) is 10.0 Å². The fourth-order valence-electron chi connectivity index (χ4n) is 2.92. The van der Waals surface area contributed by atoms with Crippen molar-refractivity contribution in [3.63, 3.8) is 0 Å². The Balaban J connectivity index is 1.69. The van der Waals surface area contributed by atoms with Gasteiger partial charge in [0.1, 0.15) is 18.9 Å². The highest BCUT2D eigenvalue weighted by Gasteiger charge is 2.27. The Morgan fingerprint density at radius 3 is 2.45 bits per heavy atom. The van der Waals surface area contributed by atoms with Gasteiger partial charge >= 0.3 is 0 Å². The molecule has 0 aliphatic rings. The number of carbonyl (C=O) groups is 1.